The summed E-state index contributed by atoms with van der Waals surface area (Å²) in [6.45, 7) is 0.517. The van der Waals surface area contributed by atoms with E-state index < -0.39 is 17.4 Å². The molecule has 5 aromatic rings. The molecule has 0 saturated heterocycles. The highest BCUT2D eigenvalue weighted by molar-refractivity contribution is 5.94. The summed E-state index contributed by atoms with van der Waals surface area (Å²) in [5.41, 5.74) is 2.98. The maximum atomic E-state index is 13.3. The molecule has 1 aliphatic rings. The lowest BCUT2D eigenvalue weighted by atomic mass is 9.90. The second-order valence-electron chi connectivity index (χ2n) is 9.82. The van der Waals surface area contributed by atoms with Gasteiger partial charge in [0, 0.05) is 52.7 Å². The Balaban J connectivity index is 1.55. The smallest absolute Gasteiger partial charge is 0.297 e. The van der Waals surface area contributed by atoms with Crippen LogP contribution in [0.3, 0.4) is 0 Å². The Labute approximate surface area is 223 Å². The van der Waals surface area contributed by atoms with Gasteiger partial charge in [0.15, 0.2) is 11.3 Å². The van der Waals surface area contributed by atoms with Crippen LogP contribution in [-0.4, -0.2) is 60.6 Å². The number of para-hydroxylation sites is 2. The molecule has 1 atom stereocenters. The minimum atomic E-state index is -0.627. The molecule has 0 aliphatic carbocycles. The Kier molecular flexibility index (Phi) is 5.71. The number of benzene rings is 2. The second-order valence-corrected chi connectivity index (χ2v) is 9.82. The number of carbonyl (C=O) groups excluding carboxylic acids is 1. The molecular formula is C28H27N7O4. The van der Waals surface area contributed by atoms with Crippen molar-refractivity contribution in [1.82, 2.24) is 29.0 Å². The van der Waals surface area contributed by atoms with Crippen LogP contribution in [0.1, 0.15) is 33.4 Å². The molecule has 0 radical (unpaired) electrons. The number of fused-ring (bicyclic) bond motifs is 2. The monoisotopic (exact) mass is 525 g/mol. The van der Waals surface area contributed by atoms with E-state index in [0.29, 0.717) is 35.6 Å². The van der Waals surface area contributed by atoms with Crippen LogP contribution in [-0.2, 0) is 20.5 Å². The summed E-state index contributed by atoms with van der Waals surface area (Å²) in [5.74, 6) is 0.436. The molecule has 39 heavy (non-hydrogen) atoms. The molecule has 0 bridgehead atoms. The number of rotatable bonds is 4. The number of amides is 1. The average molecular weight is 526 g/mol. The molecule has 0 unspecified atom stereocenters. The Hall–Kier alpha value is -4.93. The van der Waals surface area contributed by atoms with E-state index in [0.717, 1.165) is 17.0 Å². The predicted octanol–water partition coefficient (Wildman–Crippen LogP) is 2.88. The molecule has 3 aromatic heterocycles. The fraction of sp³-hybridized carbons (Fsp3) is 0.250. The van der Waals surface area contributed by atoms with Crippen molar-refractivity contribution >= 4 is 23.0 Å². The van der Waals surface area contributed by atoms with Crippen LogP contribution in [0.4, 0.5) is 5.95 Å². The standard InChI is InChI=1S/C28H27N7O4/c1-32(2)26(37)17-10-9-16-11-13-35(22(18(16)15-17)24-29-12-14-33(24)3)28-31-21(23(36)27(38)34(28)4)25-30-19-7-5-6-8-20(19)39-25/h5-10,12,14-15,22,36H,11,13H2,1-4H3/t22-/m1/s1. The first-order valence-corrected chi connectivity index (χ1v) is 12.5. The molecular weight excluding hydrogens is 498 g/mol. The number of carbonyl (C=O) groups is 1. The molecule has 0 saturated carbocycles. The van der Waals surface area contributed by atoms with Gasteiger partial charge in [-0.1, -0.05) is 18.2 Å². The number of imidazole rings is 1. The summed E-state index contributed by atoms with van der Waals surface area (Å²) >= 11 is 0. The number of hydrogen-bond donors (Lipinski definition) is 1. The number of nitrogens with zero attached hydrogens (tertiary/aromatic N) is 7. The van der Waals surface area contributed by atoms with Crippen LogP contribution in [0.2, 0.25) is 0 Å². The van der Waals surface area contributed by atoms with E-state index in [2.05, 4.69) is 9.97 Å². The molecule has 1 N–H and O–H groups in total. The Morgan fingerprint density at radius 2 is 1.92 bits per heavy atom. The van der Waals surface area contributed by atoms with E-state index in [1.54, 1.807) is 39.5 Å². The molecule has 11 nitrogen and oxygen atoms in total. The maximum Gasteiger partial charge on any atom is 0.297 e. The molecule has 2 aromatic carbocycles. The summed E-state index contributed by atoms with van der Waals surface area (Å²) < 4.78 is 9.08. The van der Waals surface area contributed by atoms with Gasteiger partial charge in [-0.05, 0) is 41.8 Å². The van der Waals surface area contributed by atoms with Crippen molar-refractivity contribution in [3.63, 3.8) is 0 Å². The number of aryl methyl sites for hydroxylation is 1. The van der Waals surface area contributed by atoms with Gasteiger partial charge in [-0.15, -0.1) is 0 Å². The highest BCUT2D eigenvalue weighted by Gasteiger charge is 2.35. The van der Waals surface area contributed by atoms with Crippen molar-refractivity contribution in [2.75, 3.05) is 25.5 Å². The minimum Gasteiger partial charge on any atom is -0.501 e. The molecule has 1 amide bonds. The Morgan fingerprint density at radius 1 is 1.13 bits per heavy atom. The zero-order chi connectivity index (χ0) is 27.4. The van der Waals surface area contributed by atoms with Crippen molar-refractivity contribution in [3.8, 4) is 17.3 Å². The third-order valence-electron chi connectivity index (χ3n) is 7.13. The van der Waals surface area contributed by atoms with E-state index >= 15 is 0 Å². The number of hydrogen-bond acceptors (Lipinski definition) is 8. The summed E-state index contributed by atoms with van der Waals surface area (Å²) in [4.78, 5) is 43.5. The van der Waals surface area contributed by atoms with Crippen LogP contribution >= 0.6 is 0 Å². The van der Waals surface area contributed by atoms with Gasteiger partial charge in [-0.2, -0.15) is 0 Å². The van der Waals surface area contributed by atoms with Crippen LogP contribution in [0.15, 0.2) is 64.1 Å². The lowest BCUT2D eigenvalue weighted by molar-refractivity contribution is 0.0827. The largest absolute Gasteiger partial charge is 0.501 e. The Morgan fingerprint density at radius 3 is 2.64 bits per heavy atom. The van der Waals surface area contributed by atoms with E-state index in [4.69, 9.17) is 9.40 Å². The summed E-state index contributed by atoms with van der Waals surface area (Å²) in [6, 6.07) is 12.4. The summed E-state index contributed by atoms with van der Waals surface area (Å²) in [6.07, 6.45) is 4.22. The van der Waals surface area contributed by atoms with Crippen molar-refractivity contribution in [2.45, 2.75) is 12.5 Å². The van der Waals surface area contributed by atoms with E-state index in [1.807, 2.05) is 53.0 Å². The number of aromatic hydroxyl groups is 1. The number of anilines is 1. The molecule has 0 spiro atoms. The van der Waals surface area contributed by atoms with Gasteiger partial charge in [-0.25, -0.2) is 15.0 Å². The maximum absolute atomic E-state index is 13.3. The summed E-state index contributed by atoms with van der Waals surface area (Å²) in [5, 5.41) is 10.8. The van der Waals surface area contributed by atoms with Gasteiger partial charge < -0.3 is 23.9 Å². The third-order valence-corrected chi connectivity index (χ3v) is 7.13. The number of oxazole rings is 1. The predicted molar refractivity (Wildman–Crippen MR) is 145 cm³/mol. The fourth-order valence-electron chi connectivity index (χ4n) is 5.10. The quantitative estimate of drug-likeness (QED) is 0.380. The molecule has 6 rings (SSSR count). The third kappa shape index (κ3) is 3.94. The lowest BCUT2D eigenvalue weighted by Crippen LogP contribution is -2.41. The van der Waals surface area contributed by atoms with Gasteiger partial charge in [0.25, 0.3) is 17.4 Å². The van der Waals surface area contributed by atoms with Gasteiger partial charge >= 0.3 is 0 Å². The van der Waals surface area contributed by atoms with E-state index in [9.17, 15) is 14.7 Å². The zero-order valence-corrected chi connectivity index (χ0v) is 22.0. The first kappa shape index (κ1) is 24.4. The lowest BCUT2D eigenvalue weighted by Gasteiger charge is -2.38. The Bertz CT molecular complexity index is 1770. The molecule has 1 aliphatic heterocycles. The first-order chi connectivity index (χ1) is 18.7. The van der Waals surface area contributed by atoms with Gasteiger partial charge in [0.2, 0.25) is 11.7 Å². The van der Waals surface area contributed by atoms with Crippen LogP contribution in [0, 0.1) is 0 Å². The molecule has 0 fully saturated rings. The molecule has 4 heterocycles. The van der Waals surface area contributed by atoms with Crippen molar-refractivity contribution < 1.29 is 14.3 Å². The minimum absolute atomic E-state index is 0.0368. The number of aromatic nitrogens is 5. The highest BCUT2D eigenvalue weighted by atomic mass is 16.4. The van der Waals surface area contributed by atoms with Crippen molar-refractivity contribution in [1.29, 1.82) is 0 Å². The SMILES string of the molecule is CN(C)C(=O)c1ccc2c(c1)[C@H](c1nccn1C)N(c1nc(-c3nc4ccccc4o3)c(O)c(=O)n1C)CC2. The van der Waals surface area contributed by atoms with Crippen LogP contribution in [0.25, 0.3) is 22.7 Å². The van der Waals surface area contributed by atoms with Crippen molar-refractivity contribution in [3.05, 3.63) is 87.7 Å². The van der Waals surface area contributed by atoms with Crippen LogP contribution < -0.4 is 10.5 Å². The van der Waals surface area contributed by atoms with Gasteiger partial charge in [-0.3, -0.25) is 14.2 Å². The second kappa shape index (κ2) is 9.12. The van der Waals surface area contributed by atoms with Gasteiger partial charge in [0.05, 0.1) is 0 Å². The first-order valence-electron chi connectivity index (χ1n) is 12.5. The molecule has 11 heteroatoms. The van der Waals surface area contributed by atoms with E-state index in [1.165, 1.54) is 9.47 Å². The van der Waals surface area contributed by atoms with Crippen molar-refractivity contribution in [2.24, 2.45) is 14.1 Å². The topological polar surface area (TPSA) is 123 Å². The fourth-order valence-corrected chi connectivity index (χ4v) is 5.10. The highest BCUT2D eigenvalue weighted by Crippen LogP contribution is 2.38. The van der Waals surface area contributed by atoms with Crippen LogP contribution in [0.5, 0.6) is 5.75 Å². The zero-order valence-electron chi connectivity index (χ0n) is 22.0. The van der Waals surface area contributed by atoms with E-state index in [-0.39, 0.29) is 17.5 Å². The molecule has 198 valence electrons. The summed E-state index contributed by atoms with van der Waals surface area (Å²) in [7, 11) is 6.90. The normalized spacial score (nSPS) is 15.0. The average Bonchev–Trinajstić information content (AvgIpc) is 3.56. The van der Waals surface area contributed by atoms with Gasteiger partial charge in [0.1, 0.15) is 17.4 Å².